The standard InChI is InChI=1S/C10H13N3/c11-8-10(4-2-5-10)13-9-3-1-6-12-7-9/h1,3,6,12-13H,2,4-5,7H2. The molecule has 0 unspecified atom stereocenters. The van der Waals surface area contributed by atoms with Gasteiger partial charge in [-0.25, -0.2) is 0 Å². The molecule has 0 aromatic rings. The predicted octanol–water partition coefficient (Wildman–Crippen LogP) is 1.02. The van der Waals surface area contributed by atoms with E-state index in [9.17, 15) is 0 Å². The van der Waals surface area contributed by atoms with Crippen molar-refractivity contribution in [2.75, 3.05) is 6.54 Å². The van der Waals surface area contributed by atoms with Crippen LogP contribution in [0.15, 0.2) is 24.0 Å². The van der Waals surface area contributed by atoms with Crippen LogP contribution in [0, 0.1) is 11.3 Å². The van der Waals surface area contributed by atoms with Crippen LogP contribution in [-0.4, -0.2) is 12.1 Å². The molecule has 0 radical (unpaired) electrons. The van der Waals surface area contributed by atoms with Crippen LogP contribution in [0.5, 0.6) is 0 Å². The maximum Gasteiger partial charge on any atom is 0.125 e. The Morgan fingerprint density at radius 1 is 1.54 bits per heavy atom. The molecule has 0 atom stereocenters. The van der Waals surface area contributed by atoms with E-state index < -0.39 is 0 Å². The molecular formula is C10H13N3. The molecule has 0 bridgehead atoms. The average molecular weight is 175 g/mol. The third-order valence-electron chi connectivity index (χ3n) is 2.62. The number of allylic oxidation sites excluding steroid dienone is 2. The first-order chi connectivity index (χ1) is 6.35. The molecule has 3 heteroatoms. The molecule has 1 aliphatic carbocycles. The largest absolute Gasteiger partial charge is 0.385 e. The van der Waals surface area contributed by atoms with E-state index >= 15 is 0 Å². The molecule has 2 aliphatic rings. The molecule has 0 spiro atoms. The Morgan fingerprint density at radius 2 is 2.38 bits per heavy atom. The van der Waals surface area contributed by atoms with Crippen molar-refractivity contribution in [3.05, 3.63) is 24.0 Å². The molecule has 0 saturated heterocycles. The van der Waals surface area contributed by atoms with Gasteiger partial charge in [0.1, 0.15) is 5.54 Å². The number of nitriles is 1. The highest BCUT2D eigenvalue weighted by molar-refractivity contribution is 5.24. The number of dihydropyridines is 1. The monoisotopic (exact) mass is 175 g/mol. The zero-order valence-corrected chi connectivity index (χ0v) is 7.51. The summed E-state index contributed by atoms with van der Waals surface area (Å²) in [6.45, 7) is 0.805. The molecule has 2 N–H and O–H groups in total. The van der Waals surface area contributed by atoms with E-state index in [4.69, 9.17) is 5.26 Å². The smallest absolute Gasteiger partial charge is 0.125 e. The van der Waals surface area contributed by atoms with Gasteiger partial charge in [-0.15, -0.1) is 0 Å². The molecule has 0 aromatic heterocycles. The Morgan fingerprint density at radius 3 is 2.85 bits per heavy atom. The second-order valence-electron chi connectivity index (χ2n) is 3.60. The topological polar surface area (TPSA) is 47.9 Å². The average Bonchev–Trinajstić information content (AvgIpc) is 2.13. The van der Waals surface area contributed by atoms with Crippen LogP contribution in [0.3, 0.4) is 0 Å². The van der Waals surface area contributed by atoms with Crippen LogP contribution in [-0.2, 0) is 0 Å². The summed E-state index contributed by atoms with van der Waals surface area (Å²) in [7, 11) is 0. The van der Waals surface area contributed by atoms with Crippen LogP contribution in [0.4, 0.5) is 0 Å². The Labute approximate surface area is 78.1 Å². The van der Waals surface area contributed by atoms with Crippen LogP contribution in [0.25, 0.3) is 0 Å². The van der Waals surface area contributed by atoms with E-state index in [-0.39, 0.29) is 5.54 Å². The summed E-state index contributed by atoms with van der Waals surface area (Å²) in [5, 5.41) is 15.4. The van der Waals surface area contributed by atoms with Gasteiger partial charge in [-0.05, 0) is 37.6 Å². The maximum absolute atomic E-state index is 8.99. The first kappa shape index (κ1) is 8.18. The summed E-state index contributed by atoms with van der Waals surface area (Å²) in [4.78, 5) is 0. The molecule has 2 rings (SSSR count). The SMILES string of the molecule is N#CC1(NC2=CC=CNC2)CCC1. The second-order valence-corrected chi connectivity index (χ2v) is 3.60. The summed E-state index contributed by atoms with van der Waals surface area (Å²) in [6, 6.07) is 2.36. The fraction of sp³-hybridized carbons (Fsp3) is 0.500. The highest BCUT2D eigenvalue weighted by atomic mass is 15.0. The number of nitrogens with one attached hydrogen (secondary N) is 2. The van der Waals surface area contributed by atoms with Crippen molar-refractivity contribution in [3.63, 3.8) is 0 Å². The number of hydrogen-bond acceptors (Lipinski definition) is 3. The lowest BCUT2D eigenvalue weighted by molar-refractivity contribution is 0.273. The van der Waals surface area contributed by atoms with Crippen molar-refractivity contribution < 1.29 is 0 Å². The van der Waals surface area contributed by atoms with Gasteiger partial charge < -0.3 is 10.6 Å². The minimum atomic E-state index is -0.265. The number of rotatable bonds is 2. The van der Waals surface area contributed by atoms with Gasteiger partial charge in [-0.2, -0.15) is 5.26 Å². The number of hydrogen-bond donors (Lipinski definition) is 2. The van der Waals surface area contributed by atoms with Crippen LogP contribution >= 0.6 is 0 Å². The van der Waals surface area contributed by atoms with E-state index in [0.717, 1.165) is 31.5 Å². The van der Waals surface area contributed by atoms with E-state index in [1.807, 2.05) is 18.4 Å². The Balaban J connectivity index is 2.00. The summed E-state index contributed by atoms with van der Waals surface area (Å²) < 4.78 is 0. The van der Waals surface area contributed by atoms with Crippen molar-refractivity contribution in [2.45, 2.75) is 24.8 Å². The fourth-order valence-electron chi connectivity index (χ4n) is 1.65. The maximum atomic E-state index is 8.99. The van der Waals surface area contributed by atoms with Gasteiger partial charge in [0.05, 0.1) is 12.6 Å². The fourth-order valence-corrected chi connectivity index (χ4v) is 1.65. The van der Waals surface area contributed by atoms with Gasteiger partial charge in [-0.3, -0.25) is 0 Å². The van der Waals surface area contributed by atoms with Crippen molar-refractivity contribution >= 4 is 0 Å². The third-order valence-corrected chi connectivity index (χ3v) is 2.62. The highest BCUT2D eigenvalue weighted by Crippen LogP contribution is 2.31. The van der Waals surface area contributed by atoms with Crippen LogP contribution in [0.2, 0.25) is 0 Å². The molecule has 0 aromatic carbocycles. The van der Waals surface area contributed by atoms with E-state index in [1.54, 1.807) is 0 Å². The summed E-state index contributed by atoms with van der Waals surface area (Å²) in [5.41, 5.74) is 0.849. The third kappa shape index (κ3) is 1.52. The molecule has 13 heavy (non-hydrogen) atoms. The molecular weight excluding hydrogens is 162 g/mol. The highest BCUT2D eigenvalue weighted by Gasteiger charge is 2.37. The van der Waals surface area contributed by atoms with E-state index in [2.05, 4.69) is 16.7 Å². The first-order valence-corrected chi connectivity index (χ1v) is 4.63. The molecule has 3 nitrogen and oxygen atoms in total. The Hall–Kier alpha value is -1.43. The molecule has 1 saturated carbocycles. The Bertz CT molecular complexity index is 292. The first-order valence-electron chi connectivity index (χ1n) is 4.63. The zero-order valence-electron chi connectivity index (χ0n) is 7.51. The lowest BCUT2D eigenvalue weighted by Crippen LogP contribution is -2.50. The van der Waals surface area contributed by atoms with Crippen molar-refractivity contribution in [3.8, 4) is 6.07 Å². The normalized spacial score (nSPS) is 23.5. The lowest BCUT2D eigenvalue weighted by atomic mass is 9.78. The van der Waals surface area contributed by atoms with Crippen LogP contribution < -0.4 is 10.6 Å². The van der Waals surface area contributed by atoms with Gasteiger partial charge in [-0.1, -0.05) is 0 Å². The molecule has 1 fully saturated rings. The Kier molecular flexibility index (Phi) is 1.97. The van der Waals surface area contributed by atoms with Gasteiger partial charge in [0.2, 0.25) is 0 Å². The lowest BCUT2D eigenvalue weighted by Gasteiger charge is -2.38. The van der Waals surface area contributed by atoms with E-state index in [1.165, 1.54) is 0 Å². The zero-order chi connectivity index (χ0) is 9.15. The van der Waals surface area contributed by atoms with Crippen molar-refractivity contribution in [1.82, 2.24) is 10.6 Å². The molecule has 1 heterocycles. The molecule has 68 valence electrons. The minimum absolute atomic E-state index is 0.265. The van der Waals surface area contributed by atoms with Gasteiger partial charge >= 0.3 is 0 Å². The number of nitrogens with zero attached hydrogens (tertiary/aromatic N) is 1. The molecule has 1 aliphatic heterocycles. The minimum Gasteiger partial charge on any atom is -0.385 e. The second kappa shape index (κ2) is 3.14. The van der Waals surface area contributed by atoms with Crippen LogP contribution in [0.1, 0.15) is 19.3 Å². The summed E-state index contributed by atoms with van der Waals surface area (Å²) in [5.74, 6) is 0. The van der Waals surface area contributed by atoms with Gasteiger partial charge in [0, 0.05) is 5.70 Å². The van der Waals surface area contributed by atoms with Crippen molar-refractivity contribution in [1.29, 1.82) is 5.26 Å². The van der Waals surface area contributed by atoms with Crippen molar-refractivity contribution in [2.24, 2.45) is 0 Å². The summed E-state index contributed by atoms with van der Waals surface area (Å²) in [6.07, 6.45) is 9.00. The quantitative estimate of drug-likeness (QED) is 0.658. The summed E-state index contributed by atoms with van der Waals surface area (Å²) >= 11 is 0. The molecule has 0 amide bonds. The predicted molar refractivity (Wildman–Crippen MR) is 50.6 cm³/mol. The van der Waals surface area contributed by atoms with Gasteiger partial charge in [0.15, 0.2) is 0 Å². The van der Waals surface area contributed by atoms with E-state index in [0.29, 0.717) is 0 Å². The van der Waals surface area contributed by atoms with Gasteiger partial charge in [0.25, 0.3) is 0 Å².